The SMILES string of the molecule is NCCN1CCC(I)CC1. The lowest BCUT2D eigenvalue weighted by Gasteiger charge is -2.28. The molecule has 0 amide bonds. The Morgan fingerprint density at radius 3 is 2.50 bits per heavy atom. The van der Waals surface area contributed by atoms with Crippen molar-refractivity contribution in [1.29, 1.82) is 0 Å². The topological polar surface area (TPSA) is 29.3 Å². The molecule has 0 aromatic heterocycles. The Hall–Kier alpha value is 0.650. The summed E-state index contributed by atoms with van der Waals surface area (Å²) in [6, 6.07) is 0. The number of hydrogen-bond acceptors (Lipinski definition) is 2. The molecular weight excluding hydrogens is 239 g/mol. The van der Waals surface area contributed by atoms with Crippen LogP contribution in [0.5, 0.6) is 0 Å². The molecule has 3 heteroatoms. The van der Waals surface area contributed by atoms with Crippen LogP contribution in [0.2, 0.25) is 0 Å². The maximum absolute atomic E-state index is 5.45. The van der Waals surface area contributed by atoms with Crippen LogP contribution in [0.25, 0.3) is 0 Å². The number of alkyl halides is 1. The molecule has 0 saturated carbocycles. The Labute approximate surface area is 76.3 Å². The minimum Gasteiger partial charge on any atom is -0.329 e. The summed E-state index contributed by atoms with van der Waals surface area (Å²) < 4.78 is 0.909. The van der Waals surface area contributed by atoms with E-state index in [1.807, 2.05) is 0 Å². The van der Waals surface area contributed by atoms with E-state index in [0.29, 0.717) is 0 Å². The molecule has 1 fully saturated rings. The molecule has 1 aliphatic heterocycles. The Morgan fingerprint density at radius 2 is 2.00 bits per heavy atom. The molecular formula is C7H15IN2. The molecule has 0 aromatic rings. The average molecular weight is 254 g/mol. The smallest absolute Gasteiger partial charge is 0.0134 e. The summed E-state index contributed by atoms with van der Waals surface area (Å²) in [4.78, 5) is 2.45. The summed E-state index contributed by atoms with van der Waals surface area (Å²) >= 11 is 2.54. The second kappa shape index (κ2) is 4.51. The lowest BCUT2D eigenvalue weighted by molar-refractivity contribution is 0.242. The summed E-state index contributed by atoms with van der Waals surface area (Å²) in [6.07, 6.45) is 2.70. The van der Waals surface area contributed by atoms with E-state index in [2.05, 4.69) is 27.5 Å². The number of rotatable bonds is 2. The van der Waals surface area contributed by atoms with E-state index in [1.165, 1.54) is 25.9 Å². The van der Waals surface area contributed by atoms with Gasteiger partial charge in [-0.05, 0) is 25.9 Å². The van der Waals surface area contributed by atoms with Gasteiger partial charge in [0.25, 0.3) is 0 Å². The van der Waals surface area contributed by atoms with Crippen molar-refractivity contribution in [2.75, 3.05) is 26.2 Å². The predicted molar refractivity (Wildman–Crippen MR) is 52.5 cm³/mol. The second-order valence-corrected chi connectivity index (χ2v) is 4.57. The molecule has 60 valence electrons. The van der Waals surface area contributed by atoms with E-state index < -0.39 is 0 Å². The minimum absolute atomic E-state index is 0.811. The molecule has 0 radical (unpaired) electrons. The molecule has 2 nitrogen and oxygen atoms in total. The maximum Gasteiger partial charge on any atom is 0.0134 e. The zero-order chi connectivity index (χ0) is 7.40. The normalized spacial score (nSPS) is 23.4. The van der Waals surface area contributed by atoms with Crippen LogP contribution in [0.1, 0.15) is 12.8 Å². The van der Waals surface area contributed by atoms with Gasteiger partial charge in [0.05, 0.1) is 0 Å². The average Bonchev–Trinajstić information content (AvgIpc) is 1.95. The van der Waals surface area contributed by atoms with E-state index in [-0.39, 0.29) is 0 Å². The van der Waals surface area contributed by atoms with Gasteiger partial charge in [0.1, 0.15) is 0 Å². The summed E-state index contributed by atoms with van der Waals surface area (Å²) in [5.74, 6) is 0. The molecule has 2 N–H and O–H groups in total. The number of nitrogens with two attached hydrogens (primary N) is 1. The van der Waals surface area contributed by atoms with E-state index in [4.69, 9.17) is 5.73 Å². The molecule has 0 aromatic carbocycles. The standard InChI is InChI=1S/C7H15IN2/c8-7-1-4-10(5-2-7)6-3-9/h7H,1-6,9H2. The van der Waals surface area contributed by atoms with Crippen molar-refractivity contribution in [3.63, 3.8) is 0 Å². The van der Waals surface area contributed by atoms with Crippen LogP contribution < -0.4 is 5.73 Å². The quantitative estimate of drug-likeness (QED) is 0.584. The molecule has 1 heterocycles. The van der Waals surface area contributed by atoms with Gasteiger partial charge in [-0.1, -0.05) is 22.6 Å². The van der Waals surface area contributed by atoms with Gasteiger partial charge in [0.2, 0.25) is 0 Å². The van der Waals surface area contributed by atoms with Crippen molar-refractivity contribution >= 4 is 22.6 Å². The molecule has 1 saturated heterocycles. The van der Waals surface area contributed by atoms with Crippen molar-refractivity contribution < 1.29 is 0 Å². The van der Waals surface area contributed by atoms with Gasteiger partial charge in [-0.2, -0.15) is 0 Å². The van der Waals surface area contributed by atoms with Crippen molar-refractivity contribution in [3.8, 4) is 0 Å². The van der Waals surface area contributed by atoms with Crippen molar-refractivity contribution in [2.45, 2.75) is 16.8 Å². The van der Waals surface area contributed by atoms with E-state index in [1.54, 1.807) is 0 Å². The molecule has 0 aliphatic carbocycles. The largest absolute Gasteiger partial charge is 0.329 e. The van der Waals surface area contributed by atoms with Crippen LogP contribution in [0.4, 0.5) is 0 Å². The number of hydrogen-bond donors (Lipinski definition) is 1. The fourth-order valence-corrected chi connectivity index (χ4v) is 1.86. The van der Waals surface area contributed by atoms with Crippen molar-refractivity contribution in [1.82, 2.24) is 4.90 Å². The summed E-state index contributed by atoms with van der Waals surface area (Å²) in [6.45, 7) is 4.41. The molecule has 0 atom stereocenters. The summed E-state index contributed by atoms with van der Waals surface area (Å²) in [7, 11) is 0. The monoisotopic (exact) mass is 254 g/mol. The fourth-order valence-electron chi connectivity index (χ4n) is 1.31. The highest BCUT2D eigenvalue weighted by molar-refractivity contribution is 14.1. The maximum atomic E-state index is 5.45. The second-order valence-electron chi connectivity index (χ2n) is 2.80. The first-order valence-electron chi connectivity index (χ1n) is 3.89. The van der Waals surface area contributed by atoms with Gasteiger partial charge in [-0.25, -0.2) is 0 Å². The Bertz CT molecular complexity index is 89.6. The molecule has 1 aliphatic rings. The first-order valence-corrected chi connectivity index (χ1v) is 5.14. The first kappa shape index (κ1) is 8.74. The van der Waals surface area contributed by atoms with Gasteiger partial charge in [-0.3, -0.25) is 0 Å². The highest BCUT2D eigenvalue weighted by Gasteiger charge is 2.14. The van der Waals surface area contributed by atoms with Crippen molar-refractivity contribution in [2.24, 2.45) is 5.73 Å². The molecule has 1 rings (SSSR count). The summed E-state index contributed by atoms with van der Waals surface area (Å²) in [5.41, 5.74) is 5.45. The Morgan fingerprint density at radius 1 is 1.40 bits per heavy atom. The van der Waals surface area contributed by atoms with Crippen LogP contribution in [0, 0.1) is 0 Å². The van der Waals surface area contributed by atoms with Crippen LogP contribution >= 0.6 is 22.6 Å². The van der Waals surface area contributed by atoms with Crippen LogP contribution in [-0.4, -0.2) is 35.0 Å². The Balaban J connectivity index is 2.13. The number of piperidine rings is 1. The number of likely N-dealkylation sites (tertiary alicyclic amines) is 1. The zero-order valence-corrected chi connectivity index (χ0v) is 8.38. The third-order valence-electron chi connectivity index (χ3n) is 1.96. The third-order valence-corrected chi connectivity index (χ3v) is 3.21. The van der Waals surface area contributed by atoms with Gasteiger partial charge in [0.15, 0.2) is 0 Å². The van der Waals surface area contributed by atoms with Gasteiger partial charge < -0.3 is 10.6 Å². The molecule has 0 unspecified atom stereocenters. The van der Waals surface area contributed by atoms with Gasteiger partial charge in [0, 0.05) is 17.0 Å². The lowest BCUT2D eigenvalue weighted by atomic mass is 10.1. The van der Waals surface area contributed by atoms with Crippen molar-refractivity contribution in [3.05, 3.63) is 0 Å². The fraction of sp³-hybridized carbons (Fsp3) is 1.00. The number of halogens is 1. The lowest BCUT2D eigenvalue weighted by Crippen LogP contribution is -2.37. The van der Waals surface area contributed by atoms with Crippen LogP contribution in [-0.2, 0) is 0 Å². The molecule has 10 heavy (non-hydrogen) atoms. The predicted octanol–water partition coefficient (Wildman–Crippen LogP) is 0.845. The van der Waals surface area contributed by atoms with Crippen LogP contribution in [0.15, 0.2) is 0 Å². The van der Waals surface area contributed by atoms with E-state index in [9.17, 15) is 0 Å². The molecule has 0 spiro atoms. The highest BCUT2D eigenvalue weighted by atomic mass is 127. The highest BCUT2D eigenvalue weighted by Crippen LogP contribution is 2.16. The first-order chi connectivity index (χ1) is 4.83. The number of nitrogens with zero attached hydrogens (tertiary/aromatic N) is 1. The third kappa shape index (κ3) is 2.72. The minimum atomic E-state index is 0.811. The summed E-state index contributed by atoms with van der Waals surface area (Å²) in [5, 5.41) is 0. The van der Waals surface area contributed by atoms with E-state index >= 15 is 0 Å². The van der Waals surface area contributed by atoms with E-state index in [0.717, 1.165) is 17.0 Å². The Kier molecular flexibility index (Phi) is 3.95. The zero-order valence-electron chi connectivity index (χ0n) is 6.22. The van der Waals surface area contributed by atoms with Crippen LogP contribution in [0.3, 0.4) is 0 Å². The van der Waals surface area contributed by atoms with Gasteiger partial charge in [-0.15, -0.1) is 0 Å². The van der Waals surface area contributed by atoms with Gasteiger partial charge >= 0.3 is 0 Å². The molecule has 0 bridgehead atoms.